The summed E-state index contributed by atoms with van der Waals surface area (Å²) in [6.07, 6.45) is 5.06. The van der Waals surface area contributed by atoms with E-state index in [0.29, 0.717) is 25.2 Å². The lowest BCUT2D eigenvalue weighted by Crippen LogP contribution is -2.36. The Labute approximate surface area is 125 Å². The largest absolute Gasteiger partial charge is 0.481 e. The van der Waals surface area contributed by atoms with Crippen LogP contribution in [0.15, 0.2) is 30.3 Å². The van der Waals surface area contributed by atoms with Gasteiger partial charge in [0.15, 0.2) is 0 Å². The molecule has 0 spiro atoms. The Hall–Kier alpha value is -1.84. The quantitative estimate of drug-likeness (QED) is 0.758. The highest BCUT2D eigenvalue weighted by Crippen LogP contribution is 2.34. The number of hydrogen-bond acceptors (Lipinski definition) is 2. The first kappa shape index (κ1) is 15.5. The molecule has 21 heavy (non-hydrogen) atoms. The number of nitrogens with one attached hydrogen (secondary N) is 1. The van der Waals surface area contributed by atoms with E-state index in [1.165, 1.54) is 5.56 Å². The Balaban J connectivity index is 1.78. The lowest BCUT2D eigenvalue weighted by molar-refractivity contribution is -0.137. The molecule has 0 heterocycles. The predicted octanol–water partition coefficient (Wildman–Crippen LogP) is 3.08. The number of carbonyl (C=O) groups excluding carboxylic acids is 1. The Kier molecular flexibility index (Phi) is 5.78. The monoisotopic (exact) mass is 289 g/mol. The van der Waals surface area contributed by atoms with Gasteiger partial charge in [-0.15, -0.1) is 0 Å². The summed E-state index contributed by atoms with van der Waals surface area (Å²) >= 11 is 0. The molecule has 2 N–H and O–H groups in total. The van der Waals surface area contributed by atoms with E-state index in [1.54, 1.807) is 0 Å². The van der Waals surface area contributed by atoms with Gasteiger partial charge in [-0.3, -0.25) is 9.59 Å². The Morgan fingerprint density at radius 3 is 2.52 bits per heavy atom. The van der Waals surface area contributed by atoms with Crippen LogP contribution in [-0.2, 0) is 9.59 Å². The molecule has 1 fully saturated rings. The standard InChI is InChI=1S/C17H23NO3/c19-16(11-4-5-12-17(20)21)18-15-10-6-9-14(15)13-7-2-1-3-8-13/h1-3,7-8,14-15H,4-6,9-12H2,(H,18,19)(H,20,21)/t14-,15+/m0/s1. The summed E-state index contributed by atoms with van der Waals surface area (Å²) in [6.45, 7) is 0. The molecule has 0 aromatic heterocycles. The van der Waals surface area contributed by atoms with Gasteiger partial charge in [0.05, 0.1) is 0 Å². The molecule has 0 saturated heterocycles. The highest BCUT2D eigenvalue weighted by atomic mass is 16.4. The van der Waals surface area contributed by atoms with Crippen LogP contribution in [0.5, 0.6) is 0 Å². The average molecular weight is 289 g/mol. The van der Waals surface area contributed by atoms with Crippen LogP contribution in [-0.4, -0.2) is 23.0 Å². The molecule has 4 heteroatoms. The van der Waals surface area contributed by atoms with Gasteiger partial charge >= 0.3 is 5.97 Å². The molecule has 0 radical (unpaired) electrons. The predicted molar refractivity (Wildman–Crippen MR) is 81.1 cm³/mol. The fraction of sp³-hybridized carbons (Fsp3) is 0.529. The summed E-state index contributed by atoms with van der Waals surface area (Å²) in [5.41, 5.74) is 1.30. The van der Waals surface area contributed by atoms with Crippen molar-refractivity contribution in [1.29, 1.82) is 0 Å². The number of carboxylic acids is 1. The number of carboxylic acid groups (broad SMARTS) is 1. The molecule has 1 aromatic rings. The maximum Gasteiger partial charge on any atom is 0.303 e. The summed E-state index contributed by atoms with van der Waals surface area (Å²) in [5, 5.41) is 11.7. The molecule has 0 bridgehead atoms. The van der Waals surface area contributed by atoms with Gasteiger partial charge in [-0.1, -0.05) is 36.8 Å². The first-order valence-corrected chi connectivity index (χ1v) is 7.73. The third-order valence-corrected chi connectivity index (χ3v) is 4.13. The fourth-order valence-corrected chi connectivity index (χ4v) is 3.07. The zero-order valence-corrected chi connectivity index (χ0v) is 12.3. The van der Waals surface area contributed by atoms with E-state index in [1.807, 2.05) is 18.2 Å². The second-order valence-electron chi connectivity index (χ2n) is 5.72. The van der Waals surface area contributed by atoms with Crippen molar-refractivity contribution < 1.29 is 14.7 Å². The summed E-state index contributed by atoms with van der Waals surface area (Å²) in [7, 11) is 0. The molecule has 1 amide bonds. The van der Waals surface area contributed by atoms with Gasteiger partial charge in [0, 0.05) is 24.8 Å². The third-order valence-electron chi connectivity index (χ3n) is 4.13. The topological polar surface area (TPSA) is 66.4 Å². The summed E-state index contributed by atoms with van der Waals surface area (Å²) in [6, 6.07) is 10.6. The van der Waals surface area contributed by atoms with Crippen molar-refractivity contribution in [3.05, 3.63) is 35.9 Å². The second-order valence-corrected chi connectivity index (χ2v) is 5.72. The van der Waals surface area contributed by atoms with Crippen LogP contribution in [0.25, 0.3) is 0 Å². The van der Waals surface area contributed by atoms with Gasteiger partial charge in [0.1, 0.15) is 0 Å². The fourth-order valence-electron chi connectivity index (χ4n) is 3.07. The summed E-state index contributed by atoms with van der Waals surface area (Å²) in [4.78, 5) is 22.4. The average Bonchev–Trinajstić information content (AvgIpc) is 2.92. The number of unbranched alkanes of at least 4 members (excludes halogenated alkanes) is 1. The van der Waals surface area contributed by atoms with Crippen molar-refractivity contribution in [1.82, 2.24) is 5.32 Å². The SMILES string of the molecule is O=C(O)CCCCC(=O)N[C@@H]1CCC[C@H]1c1ccccc1. The number of aliphatic carboxylic acids is 1. The number of carbonyl (C=O) groups is 2. The molecule has 0 unspecified atom stereocenters. The van der Waals surface area contributed by atoms with E-state index in [0.717, 1.165) is 19.3 Å². The normalized spacial score (nSPS) is 21.1. The first-order valence-electron chi connectivity index (χ1n) is 7.73. The third kappa shape index (κ3) is 4.88. The van der Waals surface area contributed by atoms with Crippen LogP contribution in [0, 0.1) is 0 Å². The molecular formula is C17H23NO3. The molecule has 2 atom stereocenters. The van der Waals surface area contributed by atoms with Crippen molar-refractivity contribution in [2.45, 2.75) is 56.9 Å². The Morgan fingerprint density at radius 2 is 1.81 bits per heavy atom. The van der Waals surface area contributed by atoms with E-state index >= 15 is 0 Å². The molecule has 1 saturated carbocycles. The van der Waals surface area contributed by atoms with Crippen LogP contribution >= 0.6 is 0 Å². The minimum Gasteiger partial charge on any atom is -0.481 e. The van der Waals surface area contributed by atoms with Gasteiger partial charge in [-0.05, 0) is 31.2 Å². The lowest BCUT2D eigenvalue weighted by atomic mass is 9.94. The molecule has 4 nitrogen and oxygen atoms in total. The highest BCUT2D eigenvalue weighted by Gasteiger charge is 2.29. The van der Waals surface area contributed by atoms with Crippen LogP contribution in [0.2, 0.25) is 0 Å². The van der Waals surface area contributed by atoms with E-state index in [2.05, 4.69) is 17.4 Å². The van der Waals surface area contributed by atoms with Gasteiger partial charge in [0.25, 0.3) is 0 Å². The van der Waals surface area contributed by atoms with E-state index in [-0.39, 0.29) is 18.4 Å². The van der Waals surface area contributed by atoms with Gasteiger partial charge < -0.3 is 10.4 Å². The molecular weight excluding hydrogens is 266 g/mol. The van der Waals surface area contributed by atoms with Crippen molar-refractivity contribution in [3.8, 4) is 0 Å². The van der Waals surface area contributed by atoms with Crippen molar-refractivity contribution in [2.75, 3.05) is 0 Å². The van der Waals surface area contributed by atoms with Crippen molar-refractivity contribution in [2.24, 2.45) is 0 Å². The number of benzene rings is 1. The Bertz CT molecular complexity index is 472. The lowest BCUT2D eigenvalue weighted by Gasteiger charge is -2.21. The number of hydrogen-bond donors (Lipinski definition) is 2. The van der Waals surface area contributed by atoms with E-state index in [4.69, 9.17) is 5.11 Å². The van der Waals surface area contributed by atoms with Crippen LogP contribution in [0.1, 0.15) is 56.4 Å². The van der Waals surface area contributed by atoms with Gasteiger partial charge in [-0.2, -0.15) is 0 Å². The van der Waals surface area contributed by atoms with Crippen LogP contribution in [0.4, 0.5) is 0 Å². The van der Waals surface area contributed by atoms with E-state index < -0.39 is 5.97 Å². The van der Waals surface area contributed by atoms with Crippen LogP contribution < -0.4 is 5.32 Å². The van der Waals surface area contributed by atoms with Crippen molar-refractivity contribution in [3.63, 3.8) is 0 Å². The molecule has 1 aliphatic rings. The summed E-state index contributed by atoms with van der Waals surface area (Å²) < 4.78 is 0. The van der Waals surface area contributed by atoms with Crippen molar-refractivity contribution >= 4 is 11.9 Å². The molecule has 1 aliphatic carbocycles. The number of rotatable bonds is 7. The van der Waals surface area contributed by atoms with E-state index in [9.17, 15) is 9.59 Å². The summed E-state index contributed by atoms with van der Waals surface area (Å²) in [5.74, 6) is -0.335. The van der Waals surface area contributed by atoms with Gasteiger partial charge in [0.2, 0.25) is 5.91 Å². The minimum absolute atomic E-state index is 0.0493. The Morgan fingerprint density at radius 1 is 1.10 bits per heavy atom. The van der Waals surface area contributed by atoms with Gasteiger partial charge in [-0.25, -0.2) is 0 Å². The second kappa shape index (κ2) is 7.81. The van der Waals surface area contributed by atoms with Crippen LogP contribution in [0.3, 0.4) is 0 Å². The first-order chi connectivity index (χ1) is 10.2. The molecule has 1 aromatic carbocycles. The number of amides is 1. The maximum atomic E-state index is 12.0. The maximum absolute atomic E-state index is 12.0. The zero-order valence-electron chi connectivity index (χ0n) is 12.3. The minimum atomic E-state index is -0.796. The molecule has 114 valence electrons. The zero-order chi connectivity index (χ0) is 15.1. The molecule has 2 rings (SSSR count). The smallest absolute Gasteiger partial charge is 0.303 e. The molecule has 0 aliphatic heterocycles. The highest BCUT2D eigenvalue weighted by molar-refractivity contribution is 5.76.